The number of halogens is 1. The zero-order valence-electron chi connectivity index (χ0n) is 13.3. The van der Waals surface area contributed by atoms with Gasteiger partial charge in [-0.15, -0.1) is 11.8 Å². The Kier molecular flexibility index (Phi) is 5.15. The molecule has 0 spiro atoms. The highest BCUT2D eigenvalue weighted by Gasteiger charge is 2.07. The highest BCUT2D eigenvalue weighted by molar-refractivity contribution is 7.99. The molecule has 0 aliphatic carbocycles. The van der Waals surface area contributed by atoms with Crippen LogP contribution in [0.5, 0.6) is 0 Å². The van der Waals surface area contributed by atoms with Gasteiger partial charge in [-0.1, -0.05) is 12.1 Å². The molecule has 0 radical (unpaired) electrons. The number of carbonyl (C=O) groups is 1. The van der Waals surface area contributed by atoms with Gasteiger partial charge in [-0.25, -0.2) is 9.37 Å². The second kappa shape index (κ2) is 7.49. The molecule has 0 fully saturated rings. The number of imidazole rings is 1. The van der Waals surface area contributed by atoms with Gasteiger partial charge in [-0.3, -0.25) is 4.79 Å². The van der Waals surface area contributed by atoms with Gasteiger partial charge in [0.25, 0.3) is 0 Å². The summed E-state index contributed by atoms with van der Waals surface area (Å²) in [5, 5.41) is 2.85. The molecule has 24 heavy (non-hydrogen) atoms. The van der Waals surface area contributed by atoms with E-state index in [1.807, 2.05) is 35.9 Å². The van der Waals surface area contributed by atoms with Crippen molar-refractivity contribution in [2.75, 3.05) is 5.75 Å². The highest BCUT2D eigenvalue weighted by Crippen LogP contribution is 2.21. The molecule has 0 saturated heterocycles. The average molecular weight is 343 g/mol. The van der Waals surface area contributed by atoms with E-state index < -0.39 is 0 Å². The van der Waals surface area contributed by atoms with E-state index in [1.54, 1.807) is 18.2 Å². The van der Waals surface area contributed by atoms with E-state index in [2.05, 4.69) is 10.3 Å². The zero-order valence-corrected chi connectivity index (χ0v) is 14.1. The quantitative estimate of drug-likeness (QED) is 0.696. The number of aromatic nitrogens is 2. The summed E-state index contributed by atoms with van der Waals surface area (Å²) < 4.78 is 15.4. The second-order valence-corrected chi connectivity index (χ2v) is 6.64. The lowest BCUT2D eigenvalue weighted by atomic mass is 10.3. The number of thioether (sulfide) groups is 1. The first-order valence-electron chi connectivity index (χ1n) is 7.70. The number of aryl methyl sites for hydroxylation is 1. The molecule has 6 heteroatoms. The van der Waals surface area contributed by atoms with Crippen molar-refractivity contribution in [3.8, 4) is 0 Å². The first kappa shape index (κ1) is 16.5. The highest BCUT2D eigenvalue weighted by atomic mass is 32.2. The van der Waals surface area contributed by atoms with Crippen LogP contribution >= 0.6 is 11.8 Å². The maximum atomic E-state index is 13.5. The number of nitrogens with zero attached hydrogens (tertiary/aromatic N) is 2. The summed E-state index contributed by atoms with van der Waals surface area (Å²) >= 11 is 1.35. The van der Waals surface area contributed by atoms with Crippen LogP contribution in [0.2, 0.25) is 0 Å². The summed E-state index contributed by atoms with van der Waals surface area (Å²) in [6.45, 7) is 2.41. The number of carbonyl (C=O) groups excluding carboxylic acids is 1. The van der Waals surface area contributed by atoms with Crippen LogP contribution in [0.1, 0.15) is 17.7 Å². The maximum absolute atomic E-state index is 13.5. The lowest BCUT2D eigenvalue weighted by Crippen LogP contribution is -2.23. The van der Waals surface area contributed by atoms with Crippen molar-refractivity contribution < 1.29 is 9.18 Å². The van der Waals surface area contributed by atoms with E-state index in [9.17, 15) is 9.18 Å². The third kappa shape index (κ3) is 4.14. The molecule has 0 bridgehead atoms. The number of amides is 1. The smallest absolute Gasteiger partial charge is 0.221 e. The molecule has 0 aliphatic heterocycles. The van der Waals surface area contributed by atoms with Crippen LogP contribution in [-0.2, 0) is 11.3 Å². The van der Waals surface area contributed by atoms with Crippen LogP contribution in [0.4, 0.5) is 4.39 Å². The summed E-state index contributed by atoms with van der Waals surface area (Å²) in [6.07, 6.45) is 4.20. The van der Waals surface area contributed by atoms with Crippen molar-refractivity contribution >= 4 is 23.3 Å². The Balaban J connectivity index is 1.47. The fourth-order valence-electron chi connectivity index (χ4n) is 2.31. The Morgan fingerprint density at radius 2 is 2.17 bits per heavy atom. The molecule has 0 unspecified atom stereocenters. The van der Waals surface area contributed by atoms with Gasteiger partial charge in [0, 0.05) is 29.5 Å². The van der Waals surface area contributed by atoms with Crippen molar-refractivity contribution in [2.24, 2.45) is 0 Å². The molecule has 0 atom stereocenters. The topological polar surface area (TPSA) is 46.4 Å². The number of rotatable bonds is 6. The minimum Gasteiger partial charge on any atom is -0.350 e. The van der Waals surface area contributed by atoms with Gasteiger partial charge in [-0.2, -0.15) is 0 Å². The third-order valence-electron chi connectivity index (χ3n) is 3.56. The molecule has 0 saturated carbocycles. The van der Waals surface area contributed by atoms with E-state index in [-0.39, 0.29) is 11.7 Å². The Morgan fingerprint density at radius 3 is 3.00 bits per heavy atom. The SMILES string of the molecule is Cc1ccn2cc(CNC(=O)CCSc3ccccc3F)nc2c1. The number of benzene rings is 1. The van der Waals surface area contributed by atoms with Gasteiger partial charge in [0.1, 0.15) is 11.5 Å². The Hall–Kier alpha value is -2.34. The molecule has 3 aromatic rings. The lowest BCUT2D eigenvalue weighted by molar-refractivity contribution is -0.120. The van der Waals surface area contributed by atoms with Gasteiger partial charge in [0.05, 0.1) is 12.2 Å². The Bertz CT molecular complexity index is 862. The van der Waals surface area contributed by atoms with Crippen LogP contribution in [0.25, 0.3) is 5.65 Å². The molecule has 3 rings (SSSR count). The fourth-order valence-corrected chi connectivity index (χ4v) is 3.20. The van der Waals surface area contributed by atoms with Crippen LogP contribution in [0.3, 0.4) is 0 Å². The predicted octanol–water partition coefficient (Wildman–Crippen LogP) is 3.58. The third-order valence-corrected chi connectivity index (χ3v) is 4.61. The molecule has 1 N–H and O–H groups in total. The average Bonchev–Trinajstić information content (AvgIpc) is 2.97. The molecular weight excluding hydrogens is 325 g/mol. The van der Waals surface area contributed by atoms with E-state index in [4.69, 9.17) is 0 Å². The number of hydrogen-bond donors (Lipinski definition) is 1. The summed E-state index contributed by atoms with van der Waals surface area (Å²) in [5.41, 5.74) is 2.83. The van der Waals surface area contributed by atoms with Crippen molar-refractivity contribution in [1.82, 2.24) is 14.7 Å². The van der Waals surface area contributed by atoms with Gasteiger partial charge >= 0.3 is 0 Å². The van der Waals surface area contributed by atoms with Gasteiger partial charge in [-0.05, 0) is 36.8 Å². The van der Waals surface area contributed by atoms with Gasteiger partial charge < -0.3 is 9.72 Å². The first-order chi connectivity index (χ1) is 11.6. The molecule has 2 aromatic heterocycles. The van der Waals surface area contributed by atoms with E-state index >= 15 is 0 Å². The van der Waals surface area contributed by atoms with Crippen molar-refractivity contribution in [2.45, 2.75) is 24.8 Å². The minimum atomic E-state index is -0.247. The molecule has 0 aliphatic rings. The largest absolute Gasteiger partial charge is 0.350 e. The van der Waals surface area contributed by atoms with Crippen molar-refractivity contribution in [3.63, 3.8) is 0 Å². The van der Waals surface area contributed by atoms with E-state index in [0.29, 0.717) is 23.6 Å². The summed E-state index contributed by atoms with van der Waals surface area (Å²) in [6, 6.07) is 10.6. The maximum Gasteiger partial charge on any atom is 0.221 e. The molecule has 1 amide bonds. The summed E-state index contributed by atoms with van der Waals surface area (Å²) in [4.78, 5) is 17.0. The van der Waals surface area contributed by atoms with Crippen LogP contribution in [0.15, 0.2) is 53.7 Å². The predicted molar refractivity (Wildman–Crippen MR) is 93.5 cm³/mol. The standard InChI is InChI=1S/C18H18FN3OS/c1-13-6-8-22-12-14(21-17(22)10-13)11-20-18(23)7-9-24-16-5-3-2-4-15(16)19/h2-6,8,10,12H,7,9,11H2,1H3,(H,20,23). The number of nitrogens with one attached hydrogen (secondary N) is 1. The summed E-state index contributed by atoms with van der Waals surface area (Å²) in [5.74, 6) is 0.229. The van der Waals surface area contributed by atoms with Crippen LogP contribution < -0.4 is 5.32 Å². The monoisotopic (exact) mass is 343 g/mol. The molecule has 1 aromatic carbocycles. The molecular formula is C18H18FN3OS. The minimum absolute atomic E-state index is 0.0629. The summed E-state index contributed by atoms with van der Waals surface area (Å²) in [7, 11) is 0. The van der Waals surface area contributed by atoms with E-state index in [1.165, 1.54) is 17.8 Å². The first-order valence-corrected chi connectivity index (χ1v) is 8.68. The Morgan fingerprint density at radius 1 is 1.33 bits per heavy atom. The van der Waals surface area contributed by atoms with Gasteiger partial charge in [0.15, 0.2) is 0 Å². The van der Waals surface area contributed by atoms with Crippen molar-refractivity contribution in [1.29, 1.82) is 0 Å². The van der Waals surface area contributed by atoms with Crippen molar-refractivity contribution in [3.05, 3.63) is 65.9 Å². The number of hydrogen-bond acceptors (Lipinski definition) is 3. The normalized spacial score (nSPS) is 10.9. The number of pyridine rings is 1. The van der Waals surface area contributed by atoms with E-state index in [0.717, 1.165) is 16.9 Å². The van der Waals surface area contributed by atoms with Crippen LogP contribution in [0, 0.1) is 12.7 Å². The molecule has 124 valence electrons. The fraction of sp³-hybridized carbons (Fsp3) is 0.222. The second-order valence-electron chi connectivity index (χ2n) is 5.51. The zero-order chi connectivity index (χ0) is 16.9. The lowest BCUT2D eigenvalue weighted by Gasteiger charge is -2.04. The molecule has 2 heterocycles. The Labute approximate surface area is 144 Å². The number of fused-ring (bicyclic) bond motifs is 1. The van der Waals surface area contributed by atoms with Gasteiger partial charge in [0.2, 0.25) is 5.91 Å². The molecule has 4 nitrogen and oxygen atoms in total. The van der Waals surface area contributed by atoms with Crippen LogP contribution in [-0.4, -0.2) is 21.0 Å².